The van der Waals surface area contributed by atoms with Crippen LogP contribution in [0.4, 0.5) is 4.79 Å². The van der Waals surface area contributed by atoms with Crippen LogP contribution < -0.4 is 15.4 Å². The van der Waals surface area contributed by atoms with Gasteiger partial charge in [0.05, 0.1) is 6.61 Å². The highest BCUT2D eigenvalue weighted by atomic mass is 35.5. The molecular formula is C14H17ClN2O4. The van der Waals surface area contributed by atoms with Gasteiger partial charge in [0.1, 0.15) is 5.75 Å². The number of benzene rings is 1. The number of aliphatic carboxylic acids is 1. The molecule has 0 aliphatic carbocycles. The topological polar surface area (TPSA) is 87.7 Å². The fourth-order valence-electron chi connectivity index (χ4n) is 2.16. The highest BCUT2D eigenvalue weighted by Crippen LogP contribution is 2.32. The molecule has 2 amide bonds. The Kier molecular flexibility index (Phi) is 5.27. The molecule has 0 bridgehead atoms. The summed E-state index contributed by atoms with van der Waals surface area (Å²) in [7, 11) is 0. The van der Waals surface area contributed by atoms with Gasteiger partial charge in [-0.1, -0.05) is 11.6 Å². The first-order chi connectivity index (χ1) is 10.1. The Bertz CT molecular complexity index is 548. The van der Waals surface area contributed by atoms with Crippen molar-refractivity contribution in [1.82, 2.24) is 10.6 Å². The maximum atomic E-state index is 11.6. The van der Waals surface area contributed by atoms with Gasteiger partial charge in [0.15, 0.2) is 0 Å². The Balaban J connectivity index is 1.81. The van der Waals surface area contributed by atoms with Crippen molar-refractivity contribution in [2.24, 2.45) is 0 Å². The van der Waals surface area contributed by atoms with Gasteiger partial charge in [-0.15, -0.1) is 0 Å². The van der Waals surface area contributed by atoms with Crippen LogP contribution in [0.25, 0.3) is 0 Å². The summed E-state index contributed by atoms with van der Waals surface area (Å²) in [5.41, 5.74) is 1.90. The van der Waals surface area contributed by atoms with Crippen LogP contribution in [0.1, 0.15) is 24.0 Å². The van der Waals surface area contributed by atoms with Gasteiger partial charge in [-0.3, -0.25) is 4.79 Å². The highest BCUT2D eigenvalue weighted by Gasteiger charge is 2.17. The molecule has 0 atom stereocenters. The third-order valence-corrected chi connectivity index (χ3v) is 3.34. The second kappa shape index (κ2) is 7.17. The number of urea groups is 1. The summed E-state index contributed by atoms with van der Waals surface area (Å²) in [5.74, 6) is -0.0746. The Morgan fingerprint density at radius 2 is 2.14 bits per heavy atom. The molecule has 2 rings (SSSR count). The molecular weight excluding hydrogens is 296 g/mol. The fourth-order valence-corrected chi connectivity index (χ4v) is 2.42. The molecule has 6 nitrogen and oxygen atoms in total. The Hall–Kier alpha value is -1.95. The first kappa shape index (κ1) is 15.4. The number of hydrogen-bond acceptors (Lipinski definition) is 3. The number of nitrogens with one attached hydrogen (secondary N) is 2. The van der Waals surface area contributed by atoms with Crippen LogP contribution >= 0.6 is 11.6 Å². The lowest BCUT2D eigenvalue weighted by Crippen LogP contribution is -2.35. The summed E-state index contributed by atoms with van der Waals surface area (Å²) in [6.07, 6.45) is 1.26. The van der Waals surface area contributed by atoms with E-state index in [2.05, 4.69) is 10.6 Å². The number of carboxylic acids is 1. The van der Waals surface area contributed by atoms with Gasteiger partial charge in [-0.2, -0.15) is 0 Å². The smallest absolute Gasteiger partial charge is 0.315 e. The monoisotopic (exact) mass is 312 g/mol. The molecule has 0 aromatic heterocycles. The molecule has 0 spiro atoms. The molecule has 0 fully saturated rings. The van der Waals surface area contributed by atoms with E-state index in [1.165, 1.54) is 0 Å². The lowest BCUT2D eigenvalue weighted by molar-refractivity contribution is -0.137. The van der Waals surface area contributed by atoms with Gasteiger partial charge in [-0.05, 0) is 24.1 Å². The predicted octanol–water partition coefficient (Wildman–Crippen LogP) is 1.94. The van der Waals surface area contributed by atoms with Crippen molar-refractivity contribution in [2.45, 2.75) is 25.8 Å². The van der Waals surface area contributed by atoms with Crippen molar-refractivity contribution in [3.05, 3.63) is 28.3 Å². The van der Waals surface area contributed by atoms with Gasteiger partial charge in [0, 0.05) is 36.5 Å². The van der Waals surface area contributed by atoms with Crippen LogP contribution in [0.2, 0.25) is 5.02 Å². The van der Waals surface area contributed by atoms with Crippen LogP contribution in [0.3, 0.4) is 0 Å². The van der Waals surface area contributed by atoms with Crippen molar-refractivity contribution in [3.63, 3.8) is 0 Å². The summed E-state index contributed by atoms with van der Waals surface area (Å²) in [6, 6.07) is 3.31. The first-order valence-electron chi connectivity index (χ1n) is 6.74. The summed E-state index contributed by atoms with van der Waals surface area (Å²) in [4.78, 5) is 21.9. The molecule has 1 heterocycles. The first-order valence-corrected chi connectivity index (χ1v) is 7.11. The minimum absolute atomic E-state index is 0.0376. The number of rotatable bonds is 6. The number of carbonyl (C=O) groups is 2. The molecule has 114 valence electrons. The van der Waals surface area contributed by atoms with Crippen LogP contribution in [0, 0.1) is 0 Å². The van der Waals surface area contributed by atoms with E-state index in [1.54, 1.807) is 6.07 Å². The number of fused-ring (bicyclic) bond motifs is 1. The van der Waals surface area contributed by atoms with E-state index >= 15 is 0 Å². The van der Waals surface area contributed by atoms with Crippen LogP contribution in [0.5, 0.6) is 5.75 Å². The van der Waals surface area contributed by atoms with E-state index in [0.717, 1.165) is 23.3 Å². The molecule has 0 saturated heterocycles. The molecule has 0 radical (unpaired) electrons. The molecule has 7 heteroatoms. The molecule has 3 N–H and O–H groups in total. The lowest BCUT2D eigenvalue weighted by Gasteiger charge is -2.11. The summed E-state index contributed by atoms with van der Waals surface area (Å²) in [5, 5.41) is 14.4. The Morgan fingerprint density at radius 3 is 2.90 bits per heavy atom. The number of carbonyl (C=O) groups excluding carboxylic acids is 1. The summed E-state index contributed by atoms with van der Waals surface area (Å²) < 4.78 is 5.55. The van der Waals surface area contributed by atoms with E-state index in [4.69, 9.17) is 21.4 Å². The third-order valence-electron chi connectivity index (χ3n) is 3.12. The normalized spacial score (nSPS) is 12.4. The van der Waals surface area contributed by atoms with Crippen molar-refractivity contribution >= 4 is 23.6 Å². The third kappa shape index (κ3) is 4.53. The number of hydrogen-bond donors (Lipinski definition) is 3. The Morgan fingerprint density at radius 1 is 1.33 bits per heavy atom. The van der Waals surface area contributed by atoms with Gasteiger partial charge in [0.25, 0.3) is 0 Å². The SMILES string of the molecule is O=C(O)CCCNC(=O)NCc1cc(Cl)cc2c1OCC2. The van der Waals surface area contributed by atoms with Crippen molar-refractivity contribution < 1.29 is 19.4 Å². The minimum Gasteiger partial charge on any atom is -0.493 e. The van der Waals surface area contributed by atoms with Gasteiger partial charge < -0.3 is 20.5 Å². The average Bonchev–Trinajstić information content (AvgIpc) is 2.88. The number of ether oxygens (including phenoxy) is 1. The standard InChI is InChI=1S/C14H17ClN2O4/c15-11-6-9-3-5-21-13(9)10(7-11)8-17-14(20)16-4-1-2-12(18)19/h6-7H,1-5,8H2,(H,18,19)(H2,16,17,20). The molecule has 1 aromatic rings. The van der Waals surface area contributed by atoms with Crippen molar-refractivity contribution in [1.29, 1.82) is 0 Å². The second-order valence-corrected chi connectivity index (χ2v) is 5.19. The van der Waals surface area contributed by atoms with Crippen LogP contribution in [0.15, 0.2) is 12.1 Å². The molecule has 0 unspecified atom stereocenters. The van der Waals surface area contributed by atoms with Gasteiger partial charge in [0.2, 0.25) is 0 Å². The molecule has 1 aliphatic rings. The summed E-state index contributed by atoms with van der Waals surface area (Å²) >= 11 is 6.04. The molecule has 1 aromatic carbocycles. The summed E-state index contributed by atoms with van der Waals surface area (Å²) in [6.45, 7) is 1.26. The maximum Gasteiger partial charge on any atom is 0.315 e. The number of halogens is 1. The average molecular weight is 313 g/mol. The molecule has 21 heavy (non-hydrogen) atoms. The van der Waals surface area contributed by atoms with E-state index in [-0.39, 0.29) is 12.5 Å². The molecule has 1 aliphatic heterocycles. The van der Waals surface area contributed by atoms with Gasteiger partial charge >= 0.3 is 12.0 Å². The second-order valence-electron chi connectivity index (χ2n) is 4.76. The fraction of sp³-hybridized carbons (Fsp3) is 0.429. The highest BCUT2D eigenvalue weighted by molar-refractivity contribution is 6.30. The zero-order valence-corrected chi connectivity index (χ0v) is 12.2. The van der Waals surface area contributed by atoms with Crippen molar-refractivity contribution in [3.8, 4) is 5.75 Å². The van der Waals surface area contributed by atoms with E-state index in [1.807, 2.05) is 6.07 Å². The zero-order chi connectivity index (χ0) is 15.2. The van der Waals surface area contributed by atoms with E-state index in [9.17, 15) is 9.59 Å². The van der Waals surface area contributed by atoms with Crippen LogP contribution in [-0.2, 0) is 17.8 Å². The van der Waals surface area contributed by atoms with Crippen molar-refractivity contribution in [2.75, 3.05) is 13.2 Å². The van der Waals surface area contributed by atoms with E-state index in [0.29, 0.717) is 31.1 Å². The molecule has 0 saturated carbocycles. The zero-order valence-electron chi connectivity index (χ0n) is 11.4. The lowest BCUT2D eigenvalue weighted by atomic mass is 10.1. The van der Waals surface area contributed by atoms with E-state index < -0.39 is 5.97 Å². The van der Waals surface area contributed by atoms with Gasteiger partial charge in [-0.25, -0.2) is 4.79 Å². The number of amides is 2. The Labute approximate surface area is 127 Å². The van der Waals surface area contributed by atoms with Crippen LogP contribution in [-0.4, -0.2) is 30.3 Å². The minimum atomic E-state index is -0.871. The maximum absolute atomic E-state index is 11.6. The number of carboxylic acid groups (broad SMARTS) is 1. The largest absolute Gasteiger partial charge is 0.493 e. The quantitative estimate of drug-likeness (QED) is 0.700. The predicted molar refractivity (Wildman–Crippen MR) is 77.8 cm³/mol.